The number of aryl methyl sites for hydroxylation is 1. The molecule has 1 aromatic rings. The van der Waals surface area contributed by atoms with E-state index in [1.807, 2.05) is 12.1 Å². The van der Waals surface area contributed by atoms with Gasteiger partial charge in [0.1, 0.15) is 0 Å². The molecule has 0 bridgehead atoms. The van der Waals surface area contributed by atoms with Crippen LogP contribution < -0.4 is 16.4 Å². The van der Waals surface area contributed by atoms with Gasteiger partial charge in [-0.25, -0.2) is 9.98 Å². The van der Waals surface area contributed by atoms with E-state index in [2.05, 4.69) is 34.7 Å². The molecule has 5 nitrogen and oxygen atoms in total. The molecule has 19 heavy (non-hydrogen) atoms. The Labute approximate surface area is 113 Å². The van der Waals surface area contributed by atoms with Crippen molar-refractivity contribution in [3.63, 3.8) is 0 Å². The summed E-state index contributed by atoms with van der Waals surface area (Å²) in [6, 6.07) is 8.19. The molecule has 0 radical (unpaired) electrons. The summed E-state index contributed by atoms with van der Waals surface area (Å²) in [4.78, 5) is 9.18. The molecule has 2 aliphatic rings. The van der Waals surface area contributed by atoms with Crippen molar-refractivity contribution in [2.75, 3.05) is 5.32 Å². The van der Waals surface area contributed by atoms with Crippen LogP contribution >= 0.6 is 0 Å². The minimum absolute atomic E-state index is 0.331. The van der Waals surface area contributed by atoms with Crippen molar-refractivity contribution in [1.29, 1.82) is 0 Å². The van der Waals surface area contributed by atoms with Crippen LogP contribution in [0.4, 0.5) is 5.69 Å². The van der Waals surface area contributed by atoms with E-state index in [0.29, 0.717) is 11.9 Å². The summed E-state index contributed by atoms with van der Waals surface area (Å²) >= 11 is 0. The van der Waals surface area contributed by atoms with Crippen molar-refractivity contribution in [2.24, 2.45) is 15.7 Å². The van der Waals surface area contributed by atoms with E-state index < -0.39 is 0 Å². The van der Waals surface area contributed by atoms with Gasteiger partial charge in [0.15, 0.2) is 11.6 Å². The van der Waals surface area contributed by atoms with Crippen LogP contribution in [0, 0.1) is 6.92 Å². The Morgan fingerprint density at radius 2 is 1.84 bits per heavy atom. The maximum Gasteiger partial charge on any atom is 0.205 e. The van der Waals surface area contributed by atoms with Crippen LogP contribution in [0.15, 0.2) is 34.3 Å². The first-order valence-corrected chi connectivity index (χ1v) is 6.71. The van der Waals surface area contributed by atoms with E-state index in [9.17, 15) is 0 Å². The maximum atomic E-state index is 5.88. The molecule has 0 aromatic heterocycles. The van der Waals surface area contributed by atoms with Crippen molar-refractivity contribution < 1.29 is 0 Å². The topological polar surface area (TPSA) is 74.8 Å². The highest BCUT2D eigenvalue weighted by Gasteiger charge is 2.36. The van der Waals surface area contributed by atoms with E-state index in [1.54, 1.807) is 0 Å². The standard InChI is InChI=1S/C14H19N5/c1-10-4-6-11(7-5-10)16-13-17-12(15)18-14(19-13)8-2-3-9-14/h4-7H,2-3,8-9H2,1H3,(H4,15,16,17,18,19). The van der Waals surface area contributed by atoms with E-state index in [1.165, 1.54) is 5.56 Å². The molecule has 0 amide bonds. The Hall–Kier alpha value is -2.04. The Morgan fingerprint density at radius 1 is 1.16 bits per heavy atom. The first kappa shape index (κ1) is 12.0. The van der Waals surface area contributed by atoms with Gasteiger partial charge in [-0.15, -0.1) is 0 Å². The van der Waals surface area contributed by atoms with E-state index in [0.717, 1.165) is 31.4 Å². The van der Waals surface area contributed by atoms with Gasteiger partial charge in [0.25, 0.3) is 0 Å². The minimum Gasteiger partial charge on any atom is -0.370 e. The molecular formula is C14H19N5. The first-order valence-electron chi connectivity index (χ1n) is 6.71. The molecule has 1 fully saturated rings. The lowest BCUT2D eigenvalue weighted by atomic mass is 10.1. The molecule has 5 heteroatoms. The second-order valence-corrected chi connectivity index (χ2v) is 5.26. The van der Waals surface area contributed by atoms with Gasteiger partial charge in [-0.3, -0.25) is 5.32 Å². The van der Waals surface area contributed by atoms with Crippen molar-refractivity contribution >= 4 is 17.6 Å². The zero-order valence-electron chi connectivity index (χ0n) is 11.1. The number of nitrogens with one attached hydrogen (secondary N) is 2. The molecular weight excluding hydrogens is 238 g/mol. The number of aliphatic imine (C=N–C) groups is 2. The second-order valence-electron chi connectivity index (χ2n) is 5.26. The van der Waals surface area contributed by atoms with E-state index in [-0.39, 0.29) is 5.66 Å². The smallest absolute Gasteiger partial charge is 0.205 e. The Kier molecular flexibility index (Phi) is 2.89. The van der Waals surface area contributed by atoms with Gasteiger partial charge in [-0.05, 0) is 44.7 Å². The summed E-state index contributed by atoms with van der Waals surface area (Å²) < 4.78 is 0. The number of benzene rings is 1. The molecule has 1 saturated carbocycles. The average Bonchev–Trinajstić information content (AvgIpc) is 2.79. The molecule has 1 aliphatic heterocycles. The van der Waals surface area contributed by atoms with Crippen molar-refractivity contribution in [3.05, 3.63) is 29.8 Å². The number of hydrogen-bond acceptors (Lipinski definition) is 5. The second kappa shape index (κ2) is 4.57. The van der Waals surface area contributed by atoms with Crippen LogP contribution in [0.1, 0.15) is 31.2 Å². The molecule has 100 valence electrons. The molecule has 1 aromatic carbocycles. The SMILES string of the molecule is Cc1ccc(NC2=NC3(CCCC3)N=C(N)N2)cc1. The van der Waals surface area contributed by atoms with Crippen LogP contribution in [0.25, 0.3) is 0 Å². The fourth-order valence-corrected chi connectivity index (χ4v) is 2.63. The predicted octanol–water partition coefficient (Wildman–Crippen LogP) is 1.95. The lowest BCUT2D eigenvalue weighted by Gasteiger charge is -2.27. The zero-order valence-corrected chi connectivity index (χ0v) is 11.1. The quantitative estimate of drug-likeness (QED) is 0.720. The Morgan fingerprint density at radius 3 is 2.53 bits per heavy atom. The molecule has 3 rings (SSSR count). The summed E-state index contributed by atoms with van der Waals surface area (Å²) in [5.41, 5.74) is 7.78. The predicted molar refractivity (Wildman–Crippen MR) is 78.2 cm³/mol. The molecule has 0 atom stereocenters. The third-order valence-electron chi connectivity index (χ3n) is 3.61. The molecule has 4 N–H and O–H groups in total. The van der Waals surface area contributed by atoms with Crippen LogP contribution in [0.5, 0.6) is 0 Å². The zero-order chi connectivity index (χ0) is 13.3. The number of nitrogens with zero attached hydrogens (tertiary/aromatic N) is 2. The Bertz CT molecular complexity index is 523. The van der Waals surface area contributed by atoms with E-state index in [4.69, 9.17) is 10.7 Å². The summed E-state index contributed by atoms with van der Waals surface area (Å²) in [5.74, 6) is 1.14. The van der Waals surface area contributed by atoms with E-state index >= 15 is 0 Å². The molecule has 1 heterocycles. The monoisotopic (exact) mass is 257 g/mol. The highest BCUT2D eigenvalue weighted by molar-refractivity contribution is 6.06. The van der Waals surface area contributed by atoms with Gasteiger partial charge in [0.2, 0.25) is 5.96 Å². The normalized spacial score (nSPS) is 20.7. The molecule has 1 aliphatic carbocycles. The highest BCUT2D eigenvalue weighted by Crippen LogP contribution is 2.35. The van der Waals surface area contributed by atoms with Crippen LogP contribution in [-0.4, -0.2) is 17.6 Å². The van der Waals surface area contributed by atoms with Crippen LogP contribution in [0.3, 0.4) is 0 Å². The number of hydrogen-bond donors (Lipinski definition) is 3. The summed E-state index contributed by atoms with van der Waals surface area (Å²) in [7, 11) is 0. The number of rotatable bonds is 1. The lowest BCUT2D eigenvalue weighted by molar-refractivity contribution is 0.457. The minimum atomic E-state index is -0.331. The fourth-order valence-electron chi connectivity index (χ4n) is 2.63. The summed E-state index contributed by atoms with van der Waals surface area (Å²) in [6.07, 6.45) is 4.29. The summed E-state index contributed by atoms with van der Waals surface area (Å²) in [6.45, 7) is 2.07. The number of anilines is 1. The first-order chi connectivity index (χ1) is 9.15. The molecule has 1 spiro atoms. The number of guanidine groups is 2. The van der Waals surface area contributed by atoms with Crippen LogP contribution in [-0.2, 0) is 0 Å². The maximum absolute atomic E-state index is 5.88. The van der Waals surface area contributed by atoms with Gasteiger partial charge in [0, 0.05) is 5.69 Å². The third kappa shape index (κ3) is 2.54. The van der Waals surface area contributed by atoms with Crippen molar-refractivity contribution in [2.45, 2.75) is 38.3 Å². The van der Waals surface area contributed by atoms with Gasteiger partial charge in [-0.2, -0.15) is 0 Å². The summed E-state index contributed by atoms with van der Waals surface area (Å²) in [5, 5.41) is 6.26. The molecule has 0 unspecified atom stereocenters. The lowest BCUT2D eigenvalue weighted by Crippen LogP contribution is -2.48. The number of nitrogens with two attached hydrogens (primary N) is 1. The largest absolute Gasteiger partial charge is 0.370 e. The fraction of sp³-hybridized carbons (Fsp3) is 0.429. The highest BCUT2D eigenvalue weighted by atomic mass is 15.3. The van der Waals surface area contributed by atoms with Crippen LogP contribution in [0.2, 0.25) is 0 Å². The van der Waals surface area contributed by atoms with Gasteiger partial charge in [0.05, 0.1) is 0 Å². The molecule has 0 saturated heterocycles. The van der Waals surface area contributed by atoms with Gasteiger partial charge < -0.3 is 11.1 Å². The Balaban J connectivity index is 1.81. The van der Waals surface area contributed by atoms with Gasteiger partial charge in [-0.1, -0.05) is 17.7 Å². The van der Waals surface area contributed by atoms with Gasteiger partial charge >= 0.3 is 0 Å². The average molecular weight is 257 g/mol. The van der Waals surface area contributed by atoms with Crippen molar-refractivity contribution in [1.82, 2.24) is 5.32 Å². The third-order valence-corrected chi connectivity index (χ3v) is 3.61. The van der Waals surface area contributed by atoms with Crippen molar-refractivity contribution in [3.8, 4) is 0 Å².